The molecule has 1 saturated carbocycles. The largest absolute Gasteiger partial charge is 0.368 e. The molecule has 1 aliphatic carbocycles. The highest BCUT2D eigenvalue weighted by atomic mass is 32.2. The number of fused-ring (bicyclic) bond motifs is 1. The lowest BCUT2D eigenvalue weighted by Gasteiger charge is -2.48. The molecule has 2 N–H and O–H groups in total. The average Bonchev–Trinajstić information content (AvgIpc) is 3.63. The van der Waals surface area contributed by atoms with E-state index in [0.717, 1.165) is 59.9 Å². The second kappa shape index (κ2) is 9.45. The maximum atomic E-state index is 11.8. The van der Waals surface area contributed by atoms with Gasteiger partial charge in [0, 0.05) is 59.7 Å². The summed E-state index contributed by atoms with van der Waals surface area (Å²) in [5.41, 5.74) is 2.71. The van der Waals surface area contributed by atoms with Crippen LogP contribution in [0, 0.1) is 5.92 Å². The predicted molar refractivity (Wildman–Crippen MR) is 153 cm³/mol. The molecule has 2 aliphatic heterocycles. The Morgan fingerprint density at radius 3 is 2.68 bits per heavy atom. The lowest BCUT2D eigenvalue weighted by atomic mass is 9.88. The van der Waals surface area contributed by atoms with Crippen LogP contribution >= 0.6 is 0 Å². The van der Waals surface area contributed by atoms with Gasteiger partial charge >= 0.3 is 0 Å². The fraction of sp³-hybridized carbons (Fsp3) is 0.552. The first-order valence-electron chi connectivity index (χ1n) is 13.8. The highest BCUT2D eigenvalue weighted by Crippen LogP contribution is 2.46. The Kier molecular flexibility index (Phi) is 6.34. The van der Waals surface area contributed by atoms with Gasteiger partial charge in [-0.2, -0.15) is 0 Å². The van der Waals surface area contributed by atoms with Gasteiger partial charge in [-0.3, -0.25) is 0 Å². The van der Waals surface area contributed by atoms with Gasteiger partial charge in [0.25, 0.3) is 0 Å². The van der Waals surface area contributed by atoms with Crippen molar-refractivity contribution in [3.8, 4) is 0 Å². The summed E-state index contributed by atoms with van der Waals surface area (Å²) in [5, 5.41) is 9.38. The van der Waals surface area contributed by atoms with Crippen molar-refractivity contribution in [2.24, 2.45) is 5.92 Å². The van der Waals surface area contributed by atoms with Gasteiger partial charge in [0.05, 0.1) is 5.75 Å². The molecule has 1 aromatic carbocycles. The van der Waals surface area contributed by atoms with Crippen LogP contribution in [-0.2, 0) is 9.84 Å². The Morgan fingerprint density at radius 2 is 1.97 bits per heavy atom. The Balaban J connectivity index is 1.27. The van der Waals surface area contributed by atoms with Gasteiger partial charge in [-0.05, 0) is 74.2 Å². The molecule has 9 heteroatoms. The van der Waals surface area contributed by atoms with Gasteiger partial charge in [0.15, 0.2) is 0 Å². The summed E-state index contributed by atoms with van der Waals surface area (Å²) >= 11 is 0. The molecule has 1 spiro atoms. The monoisotopic (exact) mass is 534 g/mol. The van der Waals surface area contributed by atoms with Crippen molar-refractivity contribution in [2.45, 2.75) is 69.9 Å². The minimum Gasteiger partial charge on any atom is -0.368 e. The molecule has 202 valence electrons. The lowest BCUT2D eigenvalue weighted by Crippen LogP contribution is -2.57. The lowest BCUT2D eigenvalue weighted by molar-refractivity contribution is 0.337. The van der Waals surface area contributed by atoms with Crippen molar-refractivity contribution in [1.29, 1.82) is 0 Å². The van der Waals surface area contributed by atoms with E-state index in [1.807, 2.05) is 18.5 Å². The number of rotatable bonds is 7. The number of aromatic nitrogens is 3. The Hall–Kier alpha value is -2.78. The SMILES string of the molecule is CC(C)c1ccc(N2C[C@H](CS(C)(=O)=O)[C@H]2C)c2cnc(Nc3ccnc([C@@H]4CCNC5(CC5)C4)n3)cc12. The van der Waals surface area contributed by atoms with Crippen molar-refractivity contribution >= 4 is 37.9 Å². The zero-order valence-electron chi connectivity index (χ0n) is 22.7. The molecule has 2 aromatic heterocycles. The van der Waals surface area contributed by atoms with E-state index in [2.05, 4.69) is 59.5 Å². The quantitative estimate of drug-likeness (QED) is 0.448. The van der Waals surface area contributed by atoms with Crippen LogP contribution < -0.4 is 15.5 Å². The summed E-state index contributed by atoms with van der Waals surface area (Å²) in [4.78, 5) is 16.6. The standard InChI is InChI=1S/C29H38N6O2S/c1-18(2)22-5-6-25(35-16-21(19(35)3)17-38(4,36)37)24-15-31-27(13-23(22)24)33-26-8-11-30-28(34-26)20-7-12-32-29(14-20)9-10-29/h5-6,8,11,13,15,18-21,32H,7,9-10,12,14,16-17H2,1-4H3,(H,30,31,33,34)/t19-,20-,21-/m1/s1. The zero-order chi connectivity index (χ0) is 26.7. The summed E-state index contributed by atoms with van der Waals surface area (Å²) in [6, 6.07) is 8.57. The van der Waals surface area contributed by atoms with Crippen molar-refractivity contribution in [3.05, 3.63) is 48.0 Å². The molecule has 0 unspecified atom stereocenters. The van der Waals surface area contributed by atoms with E-state index >= 15 is 0 Å². The molecule has 0 bridgehead atoms. The van der Waals surface area contributed by atoms with E-state index in [0.29, 0.717) is 17.4 Å². The molecule has 6 rings (SSSR count). The molecule has 3 aliphatic rings. The van der Waals surface area contributed by atoms with Crippen LogP contribution in [0.25, 0.3) is 10.8 Å². The minimum absolute atomic E-state index is 0.153. The van der Waals surface area contributed by atoms with Crippen LogP contribution in [0.15, 0.2) is 36.7 Å². The van der Waals surface area contributed by atoms with Gasteiger partial charge in [-0.1, -0.05) is 19.9 Å². The van der Waals surface area contributed by atoms with E-state index in [1.165, 1.54) is 24.7 Å². The second-order valence-electron chi connectivity index (χ2n) is 12.0. The molecular weight excluding hydrogens is 496 g/mol. The molecular formula is C29H38N6O2S. The molecule has 2 saturated heterocycles. The third-order valence-electron chi connectivity index (χ3n) is 8.74. The number of hydrogen-bond acceptors (Lipinski definition) is 8. The molecule has 0 radical (unpaired) electrons. The smallest absolute Gasteiger partial charge is 0.147 e. The number of benzene rings is 1. The van der Waals surface area contributed by atoms with Gasteiger partial charge < -0.3 is 15.5 Å². The van der Waals surface area contributed by atoms with Gasteiger partial charge in [0.1, 0.15) is 27.3 Å². The van der Waals surface area contributed by atoms with Crippen LogP contribution in [0.3, 0.4) is 0 Å². The van der Waals surface area contributed by atoms with Crippen molar-refractivity contribution in [2.75, 3.05) is 35.3 Å². The summed E-state index contributed by atoms with van der Waals surface area (Å²) in [6.07, 6.45) is 9.83. The maximum Gasteiger partial charge on any atom is 0.147 e. The molecule has 0 amide bonds. The third kappa shape index (κ3) is 4.98. The molecule has 38 heavy (non-hydrogen) atoms. The summed E-state index contributed by atoms with van der Waals surface area (Å²) < 4.78 is 23.7. The Labute approximate surface area is 225 Å². The maximum absolute atomic E-state index is 11.8. The first-order chi connectivity index (χ1) is 18.1. The average molecular weight is 535 g/mol. The van der Waals surface area contributed by atoms with Gasteiger partial charge in [-0.15, -0.1) is 0 Å². The number of sulfone groups is 1. The first-order valence-corrected chi connectivity index (χ1v) is 15.9. The molecule has 8 nitrogen and oxygen atoms in total. The number of nitrogens with zero attached hydrogens (tertiary/aromatic N) is 4. The summed E-state index contributed by atoms with van der Waals surface area (Å²) in [7, 11) is -2.99. The fourth-order valence-corrected chi connectivity index (χ4v) is 7.50. The Bertz CT molecular complexity index is 1470. The number of nitrogens with one attached hydrogen (secondary N) is 2. The van der Waals surface area contributed by atoms with Crippen LogP contribution in [0.2, 0.25) is 0 Å². The predicted octanol–water partition coefficient (Wildman–Crippen LogP) is 4.76. The highest BCUT2D eigenvalue weighted by Gasteiger charge is 2.46. The van der Waals surface area contributed by atoms with Gasteiger partial charge in [0.2, 0.25) is 0 Å². The molecule has 3 aromatic rings. The fourth-order valence-electron chi connectivity index (χ4n) is 6.34. The molecule has 3 fully saturated rings. The van der Waals surface area contributed by atoms with Crippen LogP contribution in [-0.4, -0.2) is 60.0 Å². The number of hydrogen-bond donors (Lipinski definition) is 2. The second-order valence-corrected chi connectivity index (χ2v) is 14.2. The van der Waals surface area contributed by atoms with Crippen LogP contribution in [0.1, 0.15) is 69.7 Å². The number of piperidine rings is 1. The number of anilines is 3. The first kappa shape index (κ1) is 25.5. The van der Waals surface area contributed by atoms with Crippen molar-refractivity contribution < 1.29 is 8.42 Å². The van der Waals surface area contributed by atoms with E-state index in [-0.39, 0.29) is 17.7 Å². The van der Waals surface area contributed by atoms with E-state index < -0.39 is 9.84 Å². The topological polar surface area (TPSA) is 100 Å². The van der Waals surface area contributed by atoms with E-state index in [9.17, 15) is 8.42 Å². The Morgan fingerprint density at radius 1 is 1.16 bits per heavy atom. The highest BCUT2D eigenvalue weighted by molar-refractivity contribution is 7.90. The van der Waals surface area contributed by atoms with Crippen LogP contribution in [0.5, 0.6) is 0 Å². The van der Waals surface area contributed by atoms with Gasteiger partial charge in [-0.25, -0.2) is 23.4 Å². The molecule has 4 heterocycles. The summed E-state index contributed by atoms with van der Waals surface area (Å²) in [5.74, 6) is 3.59. The van der Waals surface area contributed by atoms with Crippen LogP contribution in [0.4, 0.5) is 17.3 Å². The van der Waals surface area contributed by atoms with E-state index in [1.54, 1.807) is 0 Å². The van der Waals surface area contributed by atoms with Crippen molar-refractivity contribution in [3.63, 3.8) is 0 Å². The van der Waals surface area contributed by atoms with E-state index in [4.69, 9.17) is 9.97 Å². The third-order valence-corrected chi connectivity index (χ3v) is 9.78. The molecule has 3 atom stereocenters. The van der Waals surface area contributed by atoms with Crippen molar-refractivity contribution in [1.82, 2.24) is 20.3 Å². The minimum atomic E-state index is -2.99. The number of pyridine rings is 1. The normalized spacial score (nSPS) is 24.6. The summed E-state index contributed by atoms with van der Waals surface area (Å²) in [6.45, 7) is 8.30. The zero-order valence-corrected chi connectivity index (χ0v) is 23.6.